The molecule has 2 aromatic rings. The van der Waals surface area contributed by atoms with Crippen LogP contribution in [-0.2, 0) is 0 Å². The van der Waals surface area contributed by atoms with Crippen LogP contribution in [0.3, 0.4) is 0 Å². The molecule has 82 valence electrons. The van der Waals surface area contributed by atoms with E-state index >= 15 is 0 Å². The van der Waals surface area contributed by atoms with Crippen molar-refractivity contribution in [1.82, 2.24) is 4.98 Å². The lowest BCUT2D eigenvalue weighted by molar-refractivity contribution is 0.829. The SMILES string of the molecule is NC(c1ccccc1)c1ncc(Cl)cc1Cl. The molecule has 16 heavy (non-hydrogen) atoms. The highest BCUT2D eigenvalue weighted by atomic mass is 35.5. The van der Waals surface area contributed by atoms with Gasteiger partial charge in [0.1, 0.15) is 0 Å². The molecule has 0 radical (unpaired) electrons. The molecule has 2 nitrogen and oxygen atoms in total. The molecular weight excluding hydrogens is 243 g/mol. The van der Waals surface area contributed by atoms with Gasteiger partial charge in [0.25, 0.3) is 0 Å². The van der Waals surface area contributed by atoms with Crippen molar-refractivity contribution in [1.29, 1.82) is 0 Å². The highest BCUT2D eigenvalue weighted by Crippen LogP contribution is 2.26. The average Bonchev–Trinajstić information content (AvgIpc) is 2.29. The molecule has 1 aromatic heterocycles. The molecule has 0 amide bonds. The standard InChI is InChI=1S/C12H10Cl2N2/c13-9-6-10(14)12(16-7-9)11(15)8-4-2-1-3-5-8/h1-7,11H,15H2. The summed E-state index contributed by atoms with van der Waals surface area (Å²) in [6, 6.07) is 11.0. The Hall–Kier alpha value is -1.09. The topological polar surface area (TPSA) is 38.9 Å². The quantitative estimate of drug-likeness (QED) is 0.890. The second kappa shape index (κ2) is 4.83. The maximum absolute atomic E-state index is 6.08. The molecule has 0 bridgehead atoms. The van der Waals surface area contributed by atoms with Crippen molar-refractivity contribution < 1.29 is 0 Å². The number of nitrogens with zero attached hydrogens (tertiary/aromatic N) is 1. The summed E-state index contributed by atoms with van der Waals surface area (Å²) in [5.41, 5.74) is 7.69. The van der Waals surface area contributed by atoms with Gasteiger partial charge in [-0.05, 0) is 11.6 Å². The third-order valence-electron chi connectivity index (χ3n) is 2.29. The molecule has 1 aromatic carbocycles. The first-order valence-corrected chi connectivity index (χ1v) is 5.55. The van der Waals surface area contributed by atoms with Gasteiger partial charge in [0.15, 0.2) is 0 Å². The van der Waals surface area contributed by atoms with Gasteiger partial charge < -0.3 is 5.73 Å². The molecule has 2 rings (SSSR count). The van der Waals surface area contributed by atoms with Crippen LogP contribution in [0.4, 0.5) is 0 Å². The fraction of sp³-hybridized carbons (Fsp3) is 0.0833. The molecule has 0 fully saturated rings. The van der Waals surface area contributed by atoms with Gasteiger partial charge >= 0.3 is 0 Å². The molecule has 0 aliphatic heterocycles. The Labute approximate surface area is 104 Å². The number of aromatic nitrogens is 1. The molecule has 4 heteroatoms. The first-order valence-electron chi connectivity index (χ1n) is 4.80. The molecule has 0 saturated carbocycles. The summed E-state index contributed by atoms with van der Waals surface area (Å²) in [6.45, 7) is 0. The van der Waals surface area contributed by atoms with Crippen LogP contribution in [0.1, 0.15) is 17.3 Å². The predicted octanol–water partition coefficient (Wildman–Crippen LogP) is 3.44. The lowest BCUT2D eigenvalue weighted by atomic mass is 10.0. The zero-order valence-electron chi connectivity index (χ0n) is 8.40. The van der Waals surface area contributed by atoms with E-state index in [4.69, 9.17) is 28.9 Å². The number of hydrogen-bond acceptors (Lipinski definition) is 2. The van der Waals surface area contributed by atoms with Crippen LogP contribution in [0.2, 0.25) is 10.0 Å². The van der Waals surface area contributed by atoms with Gasteiger partial charge in [-0.15, -0.1) is 0 Å². The molecule has 2 N–H and O–H groups in total. The third kappa shape index (κ3) is 2.35. The fourth-order valence-corrected chi connectivity index (χ4v) is 1.97. The van der Waals surface area contributed by atoms with Crippen LogP contribution < -0.4 is 5.73 Å². The summed E-state index contributed by atoms with van der Waals surface area (Å²) >= 11 is 11.8. The van der Waals surface area contributed by atoms with Gasteiger partial charge in [0, 0.05) is 6.20 Å². The maximum atomic E-state index is 6.08. The number of hydrogen-bond donors (Lipinski definition) is 1. The minimum Gasteiger partial charge on any atom is -0.319 e. The molecule has 1 atom stereocenters. The van der Waals surface area contributed by atoms with Crippen molar-refractivity contribution in [3.63, 3.8) is 0 Å². The summed E-state index contributed by atoms with van der Waals surface area (Å²) in [4.78, 5) is 4.17. The van der Waals surface area contributed by atoms with Crippen LogP contribution in [0.5, 0.6) is 0 Å². The van der Waals surface area contributed by atoms with E-state index in [0.717, 1.165) is 5.56 Å². The first-order chi connectivity index (χ1) is 7.68. The van der Waals surface area contributed by atoms with Gasteiger partial charge in [-0.25, -0.2) is 0 Å². The summed E-state index contributed by atoms with van der Waals surface area (Å²) in [7, 11) is 0. The van der Waals surface area contributed by atoms with Gasteiger partial charge in [-0.1, -0.05) is 53.5 Å². The minimum absolute atomic E-state index is 0.328. The fourth-order valence-electron chi connectivity index (χ4n) is 1.47. The third-order valence-corrected chi connectivity index (χ3v) is 2.80. The normalized spacial score (nSPS) is 12.4. The van der Waals surface area contributed by atoms with E-state index in [1.54, 1.807) is 12.3 Å². The predicted molar refractivity (Wildman–Crippen MR) is 66.7 cm³/mol. The van der Waals surface area contributed by atoms with Crippen molar-refractivity contribution in [3.8, 4) is 0 Å². The summed E-state index contributed by atoms with van der Waals surface area (Å²) in [5, 5.41) is 0.998. The Kier molecular flexibility index (Phi) is 3.44. The van der Waals surface area contributed by atoms with Gasteiger partial charge in [0.05, 0.1) is 21.8 Å². The number of pyridine rings is 1. The number of nitrogens with two attached hydrogens (primary N) is 1. The van der Waals surface area contributed by atoms with E-state index in [9.17, 15) is 0 Å². The van der Waals surface area contributed by atoms with Gasteiger partial charge in [0.2, 0.25) is 0 Å². The molecule has 1 heterocycles. The number of rotatable bonds is 2. The van der Waals surface area contributed by atoms with Crippen molar-refractivity contribution in [2.75, 3.05) is 0 Å². The summed E-state index contributed by atoms with van der Waals surface area (Å²) in [5.74, 6) is 0. The highest BCUT2D eigenvalue weighted by molar-refractivity contribution is 6.34. The van der Waals surface area contributed by atoms with E-state index in [-0.39, 0.29) is 6.04 Å². The lowest BCUT2D eigenvalue weighted by Crippen LogP contribution is -2.13. The van der Waals surface area contributed by atoms with Crippen LogP contribution in [0, 0.1) is 0 Å². The van der Waals surface area contributed by atoms with E-state index in [2.05, 4.69) is 4.98 Å². The Bertz CT molecular complexity index is 486. The smallest absolute Gasteiger partial charge is 0.0803 e. The van der Waals surface area contributed by atoms with Gasteiger partial charge in [-0.3, -0.25) is 4.98 Å². The number of halogens is 2. The summed E-state index contributed by atoms with van der Waals surface area (Å²) in [6.07, 6.45) is 1.55. The minimum atomic E-state index is -0.328. The van der Waals surface area contributed by atoms with Crippen LogP contribution in [0.25, 0.3) is 0 Å². The molecule has 0 aliphatic rings. The zero-order valence-corrected chi connectivity index (χ0v) is 9.91. The van der Waals surface area contributed by atoms with Crippen LogP contribution >= 0.6 is 23.2 Å². The second-order valence-electron chi connectivity index (χ2n) is 3.41. The highest BCUT2D eigenvalue weighted by Gasteiger charge is 2.13. The molecule has 1 unspecified atom stereocenters. The van der Waals surface area contributed by atoms with E-state index in [1.807, 2.05) is 30.3 Å². The van der Waals surface area contributed by atoms with Crippen molar-refractivity contribution in [3.05, 3.63) is 63.9 Å². The Balaban J connectivity index is 2.38. The van der Waals surface area contributed by atoms with E-state index < -0.39 is 0 Å². The Morgan fingerprint density at radius 3 is 2.44 bits per heavy atom. The van der Waals surface area contributed by atoms with Crippen LogP contribution in [-0.4, -0.2) is 4.98 Å². The number of benzene rings is 1. The Morgan fingerprint density at radius 1 is 1.12 bits per heavy atom. The Morgan fingerprint density at radius 2 is 1.81 bits per heavy atom. The maximum Gasteiger partial charge on any atom is 0.0803 e. The van der Waals surface area contributed by atoms with Crippen molar-refractivity contribution in [2.45, 2.75) is 6.04 Å². The molecular formula is C12H10Cl2N2. The largest absolute Gasteiger partial charge is 0.319 e. The van der Waals surface area contributed by atoms with E-state index in [1.165, 1.54) is 0 Å². The second-order valence-corrected chi connectivity index (χ2v) is 4.25. The van der Waals surface area contributed by atoms with E-state index in [0.29, 0.717) is 15.7 Å². The monoisotopic (exact) mass is 252 g/mol. The lowest BCUT2D eigenvalue weighted by Gasteiger charge is -2.12. The van der Waals surface area contributed by atoms with Crippen LogP contribution in [0.15, 0.2) is 42.6 Å². The molecule has 0 saturated heterocycles. The molecule has 0 aliphatic carbocycles. The zero-order chi connectivity index (χ0) is 11.5. The molecule has 0 spiro atoms. The first kappa shape index (κ1) is 11.4. The van der Waals surface area contributed by atoms with Gasteiger partial charge in [-0.2, -0.15) is 0 Å². The summed E-state index contributed by atoms with van der Waals surface area (Å²) < 4.78 is 0. The average molecular weight is 253 g/mol. The van der Waals surface area contributed by atoms with Crippen molar-refractivity contribution in [2.24, 2.45) is 5.73 Å². The van der Waals surface area contributed by atoms with Crippen molar-refractivity contribution >= 4 is 23.2 Å².